The van der Waals surface area contributed by atoms with E-state index in [4.69, 9.17) is 17.5 Å². The summed E-state index contributed by atoms with van der Waals surface area (Å²) in [7, 11) is -4.67. The van der Waals surface area contributed by atoms with Gasteiger partial charge in [0.1, 0.15) is 0 Å². The van der Waals surface area contributed by atoms with Crippen LogP contribution in [0.1, 0.15) is 0 Å². The molecule has 0 amide bonds. The SMILES string of the molecule is O=S(=O)(O)O.[Ni].[V]. The quantitative estimate of drug-likeness (QED) is 0.409. The van der Waals surface area contributed by atoms with Crippen LogP contribution >= 0.6 is 0 Å². The van der Waals surface area contributed by atoms with Crippen molar-refractivity contribution in [2.24, 2.45) is 0 Å². The molecule has 0 aliphatic rings. The molecule has 0 saturated carbocycles. The largest absolute Gasteiger partial charge is 0.394 e. The van der Waals surface area contributed by atoms with Crippen LogP contribution in [0.3, 0.4) is 0 Å². The molecule has 0 spiro atoms. The van der Waals surface area contributed by atoms with Crippen molar-refractivity contribution < 1.29 is 52.6 Å². The maximum atomic E-state index is 8.74. The standard InChI is InChI=1S/Ni.H2O4S.V/c;1-5(2,3)4;/h;(H2,1,2,3,4);. The second-order valence-electron chi connectivity index (χ2n) is 0.448. The van der Waals surface area contributed by atoms with E-state index in [1.54, 1.807) is 0 Å². The summed E-state index contributed by atoms with van der Waals surface area (Å²) in [6, 6.07) is 0. The molecule has 0 heterocycles. The molecule has 0 aliphatic carbocycles. The zero-order chi connectivity index (χ0) is 4.50. The first-order valence-corrected chi connectivity index (χ1v) is 2.10. The Labute approximate surface area is 63.1 Å². The minimum Gasteiger partial charge on any atom is -0.264 e. The van der Waals surface area contributed by atoms with E-state index < -0.39 is 10.4 Å². The molecule has 0 unspecified atom stereocenters. The maximum Gasteiger partial charge on any atom is 0.394 e. The van der Waals surface area contributed by atoms with Crippen molar-refractivity contribution in [3.63, 3.8) is 0 Å². The summed E-state index contributed by atoms with van der Waals surface area (Å²) >= 11 is 0. The number of hydrogen-bond donors (Lipinski definition) is 2. The average molecular weight is 208 g/mol. The average Bonchev–Trinajstić information content (AvgIpc) is 0.722. The molecule has 7 heavy (non-hydrogen) atoms. The van der Waals surface area contributed by atoms with Crippen LogP contribution in [0.5, 0.6) is 0 Å². The third kappa shape index (κ3) is 189. The van der Waals surface area contributed by atoms with Gasteiger partial charge in [-0.25, -0.2) is 0 Å². The van der Waals surface area contributed by atoms with Gasteiger partial charge in [-0.1, -0.05) is 0 Å². The topological polar surface area (TPSA) is 74.6 Å². The molecule has 0 fully saturated rings. The number of rotatable bonds is 0. The van der Waals surface area contributed by atoms with Gasteiger partial charge in [0.25, 0.3) is 0 Å². The normalized spacial score (nSPS) is 8.29. The summed E-state index contributed by atoms with van der Waals surface area (Å²) in [5.74, 6) is 0. The van der Waals surface area contributed by atoms with E-state index in [9.17, 15) is 0 Å². The Kier molecular flexibility index (Phi) is 11.4. The Hall–Kier alpha value is 0.948. The zero-order valence-corrected chi connectivity index (χ0v) is 6.08. The van der Waals surface area contributed by atoms with Gasteiger partial charge in [0.05, 0.1) is 0 Å². The van der Waals surface area contributed by atoms with Crippen LogP contribution in [0.15, 0.2) is 0 Å². The van der Waals surface area contributed by atoms with E-state index in [2.05, 4.69) is 0 Å². The third-order valence-electron chi connectivity index (χ3n) is 0. The van der Waals surface area contributed by atoms with Crippen LogP contribution in [0.25, 0.3) is 0 Å². The first kappa shape index (κ1) is 15.7. The molecule has 0 bridgehead atoms. The van der Waals surface area contributed by atoms with Crippen LogP contribution in [-0.2, 0) is 45.4 Å². The van der Waals surface area contributed by atoms with Crippen molar-refractivity contribution in [2.45, 2.75) is 0 Å². The van der Waals surface area contributed by atoms with Gasteiger partial charge in [0.15, 0.2) is 0 Å². The Morgan fingerprint density at radius 2 is 1.14 bits per heavy atom. The fourth-order valence-electron chi connectivity index (χ4n) is 0. The van der Waals surface area contributed by atoms with E-state index in [1.807, 2.05) is 0 Å². The second kappa shape index (κ2) is 5.09. The van der Waals surface area contributed by atoms with E-state index in [0.29, 0.717) is 0 Å². The molecular formula is H2NiO4SV. The van der Waals surface area contributed by atoms with Crippen LogP contribution in [0, 0.1) is 0 Å². The smallest absolute Gasteiger partial charge is 0.264 e. The summed E-state index contributed by atoms with van der Waals surface area (Å²) in [5.41, 5.74) is 0. The molecule has 0 aromatic heterocycles. The van der Waals surface area contributed by atoms with Crippen LogP contribution in [-0.4, -0.2) is 17.5 Å². The van der Waals surface area contributed by atoms with E-state index in [-0.39, 0.29) is 35.0 Å². The molecule has 0 aromatic rings. The van der Waals surface area contributed by atoms with Crippen molar-refractivity contribution in [3.8, 4) is 0 Å². The minimum absolute atomic E-state index is 0. The molecule has 4 nitrogen and oxygen atoms in total. The maximum absolute atomic E-state index is 8.74. The predicted molar refractivity (Wildman–Crippen MR) is 14.2 cm³/mol. The Bertz CT molecular complexity index is 94.9. The monoisotopic (exact) mass is 207 g/mol. The summed E-state index contributed by atoms with van der Waals surface area (Å²) < 4.78 is 31.6. The Balaban J connectivity index is -0.0000000800. The fraction of sp³-hybridized carbons (Fsp3) is 0. The summed E-state index contributed by atoms with van der Waals surface area (Å²) in [6.07, 6.45) is 0. The van der Waals surface area contributed by atoms with Gasteiger partial charge >= 0.3 is 10.4 Å². The Morgan fingerprint density at radius 3 is 1.14 bits per heavy atom. The fourth-order valence-corrected chi connectivity index (χ4v) is 0. The molecule has 1 radical (unpaired) electrons. The van der Waals surface area contributed by atoms with E-state index >= 15 is 0 Å². The molecule has 2 N–H and O–H groups in total. The van der Waals surface area contributed by atoms with Crippen molar-refractivity contribution in [1.29, 1.82) is 0 Å². The number of hydrogen-bond acceptors (Lipinski definition) is 2. The van der Waals surface area contributed by atoms with Gasteiger partial charge in [0.2, 0.25) is 0 Å². The first-order chi connectivity index (χ1) is 2.00. The van der Waals surface area contributed by atoms with Crippen LogP contribution < -0.4 is 0 Å². The minimum atomic E-state index is -4.67. The van der Waals surface area contributed by atoms with Crippen molar-refractivity contribution in [2.75, 3.05) is 0 Å². The molecule has 7 heteroatoms. The zero-order valence-electron chi connectivity index (χ0n) is 2.88. The van der Waals surface area contributed by atoms with E-state index in [0.717, 1.165) is 0 Å². The molecule has 47 valence electrons. The van der Waals surface area contributed by atoms with Gasteiger partial charge in [-0.2, -0.15) is 8.42 Å². The predicted octanol–water partition coefficient (Wildman–Crippen LogP) is -0.658. The molecule has 0 atom stereocenters. The summed E-state index contributed by atoms with van der Waals surface area (Å²) in [4.78, 5) is 0. The van der Waals surface area contributed by atoms with Crippen molar-refractivity contribution >= 4 is 10.4 Å². The summed E-state index contributed by atoms with van der Waals surface area (Å²) in [5, 5.41) is 0. The second-order valence-corrected chi connectivity index (χ2v) is 1.34. The van der Waals surface area contributed by atoms with Crippen LogP contribution in [0.4, 0.5) is 0 Å². The molecule has 0 rings (SSSR count). The molecular weight excluding hydrogens is 206 g/mol. The third-order valence-corrected chi connectivity index (χ3v) is 0. The first-order valence-electron chi connectivity index (χ1n) is 0.698. The molecule has 0 aromatic carbocycles. The Morgan fingerprint density at radius 1 is 1.14 bits per heavy atom. The van der Waals surface area contributed by atoms with Gasteiger partial charge in [0, 0.05) is 35.0 Å². The van der Waals surface area contributed by atoms with E-state index in [1.165, 1.54) is 0 Å². The van der Waals surface area contributed by atoms with Gasteiger partial charge in [-0.3, -0.25) is 9.11 Å². The van der Waals surface area contributed by atoms with Gasteiger partial charge in [-0.05, 0) is 0 Å². The molecule has 0 saturated heterocycles. The van der Waals surface area contributed by atoms with Crippen molar-refractivity contribution in [1.82, 2.24) is 0 Å². The van der Waals surface area contributed by atoms with Gasteiger partial charge < -0.3 is 0 Å². The molecule has 0 aliphatic heterocycles. The van der Waals surface area contributed by atoms with Gasteiger partial charge in [-0.15, -0.1) is 0 Å². The van der Waals surface area contributed by atoms with Crippen molar-refractivity contribution in [3.05, 3.63) is 0 Å². The summed E-state index contributed by atoms with van der Waals surface area (Å²) in [6.45, 7) is 0. The van der Waals surface area contributed by atoms with Crippen LogP contribution in [0.2, 0.25) is 0 Å².